The van der Waals surface area contributed by atoms with E-state index in [0.717, 1.165) is 12.1 Å². The normalized spacial score (nSPS) is 10.7. The summed E-state index contributed by atoms with van der Waals surface area (Å²) in [6.45, 7) is -0.747. The van der Waals surface area contributed by atoms with Crippen molar-refractivity contribution in [2.75, 3.05) is 27.9 Å². The van der Waals surface area contributed by atoms with Crippen molar-refractivity contribution in [1.29, 1.82) is 0 Å². The van der Waals surface area contributed by atoms with Gasteiger partial charge in [-0.25, -0.2) is 0 Å². The fourth-order valence-corrected chi connectivity index (χ4v) is 2.42. The van der Waals surface area contributed by atoms with E-state index in [1.54, 1.807) is 0 Å². The van der Waals surface area contributed by atoms with E-state index in [2.05, 4.69) is 10.9 Å². The number of hydrogen-bond acceptors (Lipinski definition) is 6. The first-order chi connectivity index (χ1) is 14.2. The number of para-hydroxylation sites is 1. The quantitative estimate of drug-likeness (QED) is 0.659. The van der Waals surface area contributed by atoms with Crippen LogP contribution >= 0.6 is 0 Å². The Kier molecular flexibility index (Phi) is 7.34. The number of alkyl halides is 3. The van der Waals surface area contributed by atoms with Crippen LogP contribution in [0.5, 0.6) is 23.0 Å². The zero-order valence-electron chi connectivity index (χ0n) is 16.3. The lowest BCUT2D eigenvalue weighted by Crippen LogP contribution is -2.43. The first-order valence-corrected chi connectivity index (χ1v) is 8.39. The van der Waals surface area contributed by atoms with Crippen LogP contribution in [0, 0.1) is 0 Å². The molecule has 2 aromatic carbocycles. The molecule has 0 heterocycles. The average molecular weight is 428 g/mol. The predicted octanol–water partition coefficient (Wildman–Crippen LogP) is 2.57. The van der Waals surface area contributed by atoms with Gasteiger partial charge in [-0.2, -0.15) is 13.2 Å². The third kappa shape index (κ3) is 5.46. The number of methoxy groups -OCH3 is 3. The van der Waals surface area contributed by atoms with Crippen molar-refractivity contribution in [2.45, 2.75) is 6.18 Å². The van der Waals surface area contributed by atoms with Crippen molar-refractivity contribution >= 4 is 11.8 Å². The minimum atomic E-state index is -4.63. The molecule has 162 valence electrons. The molecule has 0 aromatic heterocycles. The topological polar surface area (TPSA) is 95.1 Å². The van der Waals surface area contributed by atoms with Crippen LogP contribution in [0.4, 0.5) is 13.2 Å². The van der Waals surface area contributed by atoms with Crippen LogP contribution < -0.4 is 29.8 Å². The highest BCUT2D eigenvalue weighted by Crippen LogP contribution is 2.38. The van der Waals surface area contributed by atoms with Crippen LogP contribution in [-0.4, -0.2) is 39.8 Å². The van der Waals surface area contributed by atoms with Gasteiger partial charge in [0.05, 0.1) is 26.9 Å². The molecule has 0 unspecified atom stereocenters. The second-order valence-corrected chi connectivity index (χ2v) is 5.70. The van der Waals surface area contributed by atoms with Crippen molar-refractivity contribution in [1.82, 2.24) is 10.9 Å². The van der Waals surface area contributed by atoms with Crippen molar-refractivity contribution in [3.05, 3.63) is 47.5 Å². The summed E-state index contributed by atoms with van der Waals surface area (Å²) in [5.74, 6) is -1.37. The van der Waals surface area contributed by atoms with Crippen LogP contribution in [0.25, 0.3) is 0 Å². The molecule has 0 radical (unpaired) electrons. The van der Waals surface area contributed by atoms with E-state index in [4.69, 9.17) is 18.9 Å². The number of hydrazine groups is 1. The van der Waals surface area contributed by atoms with Gasteiger partial charge in [0.15, 0.2) is 18.1 Å². The summed E-state index contributed by atoms with van der Waals surface area (Å²) in [6.07, 6.45) is -4.63. The molecule has 0 saturated heterocycles. The maximum absolute atomic E-state index is 12.9. The fourth-order valence-electron chi connectivity index (χ4n) is 2.42. The SMILES string of the molecule is COc1cc(C(=O)NNC(=O)COc2ccccc2C(F)(F)F)cc(OC)c1OC. The fraction of sp³-hybridized carbons (Fsp3) is 0.263. The average Bonchev–Trinajstić information content (AvgIpc) is 2.74. The summed E-state index contributed by atoms with van der Waals surface area (Å²) in [7, 11) is 4.14. The number of amides is 2. The standard InChI is InChI=1S/C19H19F3N2O6/c1-27-14-8-11(9-15(28-2)17(14)29-3)18(26)24-23-16(25)10-30-13-7-5-4-6-12(13)19(20,21)22/h4-9H,10H2,1-3H3,(H,23,25)(H,24,26). The van der Waals surface area contributed by atoms with E-state index in [1.165, 1.54) is 45.6 Å². The molecule has 2 rings (SSSR count). The molecule has 0 aliphatic carbocycles. The highest BCUT2D eigenvalue weighted by atomic mass is 19.4. The number of rotatable bonds is 7. The Labute approximate surface area is 169 Å². The molecular formula is C19H19F3N2O6. The molecule has 11 heteroatoms. The Morgan fingerprint density at radius 1 is 0.900 bits per heavy atom. The van der Waals surface area contributed by atoms with Gasteiger partial charge in [-0.1, -0.05) is 12.1 Å². The summed E-state index contributed by atoms with van der Waals surface area (Å²) < 4.78 is 59.1. The summed E-state index contributed by atoms with van der Waals surface area (Å²) in [5.41, 5.74) is 3.25. The van der Waals surface area contributed by atoms with Crippen LogP contribution in [0.15, 0.2) is 36.4 Å². The van der Waals surface area contributed by atoms with E-state index in [1.807, 2.05) is 0 Å². The van der Waals surface area contributed by atoms with Gasteiger partial charge in [-0.3, -0.25) is 20.4 Å². The van der Waals surface area contributed by atoms with Gasteiger partial charge in [0, 0.05) is 5.56 Å². The zero-order chi connectivity index (χ0) is 22.3. The molecule has 30 heavy (non-hydrogen) atoms. The maximum atomic E-state index is 12.9. The van der Waals surface area contributed by atoms with Gasteiger partial charge in [0.2, 0.25) is 5.75 Å². The Bertz CT molecular complexity index is 892. The van der Waals surface area contributed by atoms with Gasteiger partial charge < -0.3 is 18.9 Å². The lowest BCUT2D eigenvalue weighted by molar-refractivity contribution is -0.139. The summed E-state index contributed by atoms with van der Waals surface area (Å²) >= 11 is 0. The third-order valence-corrected chi connectivity index (χ3v) is 3.79. The highest BCUT2D eigenvalue weighted by molar-refractivity contribution is 5.96. The van der Waals surface area contributed by atoms with E-state index >= 15 is 0 Å². The van der Waals surface area contributed by atoms with Crippen molar-refractivity contribution in [2.24, 2.45) is 0 Å². The predicted molar refractivity (Wildman–Crippen MR) is 98.6 cm³/mol. The van der Waals surface area contributed by atoms with Crippen LogP contribution in [0.3, 0.4) is 0 Å². The van der Waals surface area contributed by atoms with E-state index < -0.39 is 35.9 Å². The number of halogens is 3. The van der Waals surface area contributed by atoms with E-state index in [9.17, 15) is 22.8 Å². The molecule has 0 spiro atoms. The number of benzene rings is 2. The largest absolute Gasteiger partial charge is 0.493 e. The Morgan fingerprint density at radius 3 is 2.03 bits per heavy atom. The van der Waals surface area contributed by atoms with Gasteiger partial charge in [0.1, 0.15) is 5.75 Å². The first kappa shape index (κ1) is 22.7. The molecule has 2 N–H and O–H groups in total. The molecule has 0 aliphatic rings. The third-order valence-electron chi connectivity index (χ3n) is 3.79. The molecule has 0 saturated carbocycles. The van der Waals surface area contributed by atoms with Gasteiger partial charge in [-0.05, 0) is 24.3 Å². The molecule has 0 bridgehead atoms. The lowest BCUT2D eigenvalue weighted by Gasteiger charge is -2.15. The van der Waals surface area contributed by atoms with Crippen molar-refractivity contribution < 1.29 is 41.7 Å². The van der Waals surface area contributed by atoms with Crippen molar-refractivity contribution in [3.63, 3.8) is 0 Å². The molecule has 0 fully saturated rings. The van der Waals surface area contributed by atoms with Crippen LogP contribution in [-0.2, 0) is 11.0 Å². The van der Waals surface area contributed by atoms with Gasteiger partial charge in [0.25, 0.3) is 11.8 Å². The zero-order valence-corrected chi connectivity index (χ0v) is 16.3. The highest BCUT2D eigenvalue weighted by Gasteiger charge is 2.34. The van der Waals surface area contributed by atoms with Gasteiger partial charge in [-0.15, -0.1) is 0 Å². The molecule has 2 amide bonds. The number of hydrogen-bond donors (Lipinski definition) is 2. The minimum Gasteiger partial charge on any atom is -0.493 e. The summed E-state index contributed by atoms with van der Waals surface area (Å²) in [4.78, 5) is 24.1. The van der Waals surface area contributed by atoms with Crippen LogP contribution in [0.2, 0.25) is 0 Å². The molecule has 8 nitrogen and oxygen atoms in total. The van der Waals surface area contributed by atoms with Crippen molar-refractivity contribution in [3.8, 4) is 23.0 Å². The molecule has 0 aliphatic heterocycles. The summed E-state index contributed by atoms with van der Waals surface area (Å²) in [6, 6.07) is 7.18. The number of ether oxygens (including phenoxy) is 4. The molecule has 2 aromatic rings. The Balaban J connectivity index is 2.00. The molecule has 0 atom stereocenters. The van der Waals surface area contributed by atoms with E-state index in [0.29, 0.717) is 0 Å². The van der Waals surface area contributed by atoms with Crippen LogP contribution in [0.1, 0.15) is 15.9 Å². The summed E-state index contributed by atoms with van der Waals surface area (Å²) in [5, 5.41) is 0. The number of carbonyl (C=O) groups excluding carboxylic acids is 2. The Morgan fingerprint density at radius 2 is 1.50 bits per heavy atom. The maximum Gasteiger partial charge on any atom is 0.419 e. The minimum absolute atomic E-state index is 0.0770. The Hall–Kier alpha value is -3.63. The van der Waals surface area contributed by atoms with E-state index in [-0.39, 0.29) is 22.8 Å². The number of carbonyl (C=O) groups is 2. The first-order valence-electron chi connectivity index (χ1n) is 8.39. The number of nitrogens with one attached hydrogen (secondary N) is 2. The second-order valence-electron chi connectivity index (χ2n) is 5.70. The molecular weight excluding hydrogens is 409 g/mol. The smallest absolute Gasteiger partial charge is 0.419 e. The monoisotopic (exact) mass is 428 g/mol. The van der Waals surface area contributed by atoms with Gasteiger partial charge >= 0.3 is 6.18 Å². The lowest BCUT2D eigenvalue weighted by atomic mass is 10.1. The second kappa shape index (κ2) is 9.72.